The Balaban J connectivity index is 2.30. The molecule has 0 saturated carbocycles. The van der Waals surface area contributed by atoms with Crippen molar-refractivity contribution in [1.29, 1.82) is 0 Å². The molecule has 1 N–H and O–H groups in total. The topological polar surface area (TPSA) is 47.6 Å². The van der Waals surface area contributed by atoms with Crippen molar-refractivity contribution < 1.29 is 14.3 Å². The van der Waals surface area contributed by atoms with Gasteiger partial charge in [0.1, 0.15) is 6.04 Å². The molecule has 4 heteroatoms. The molecular formula is C10H19NO3. The summed E-state index contributed by atoms with van der Waals surface area (Å²) >= 11 is 0. The highest BCUT2D eigenvalue weighted by molar-refractivity contribution is 5.75. The zero-order valence-corrected chi connectivity index (χ0v) is 9.13. The van der Waals surface area contributed by atoms with Crippen LogP contribution in [0.3, 0.4) is 0 Å². The summed E-state index contributed by atoms with van der Waals surface area (Å²) in [5.41, 5.74) is 0.196. The Morgan fingerprint density at radius 2 is 2.29 bits per heavy atom. The quantitative estimate of drug-likeness (QED) is 0.660. The van der Waals surface area contributed by atoms with Crippen LogP contribution in [0, 0.1) is 5.41 Å². The predicted octanol–water partition coefficient (Wildman–Crippen LogP) is 0.564. The zero-order chi connectivity index (χ0) is 10.6. The van der Waals surface area contributed by atoms with Gasteiger partial charge in [-0.15, -0.1) is 0 Å². The summed E-state index contributed by atoms with van der Waals surface area (Å²) in [6, 6.07) is -0.183. The summed E-state index contributed by atoms with van der Waals surface area (Å²) in [5, 5.41) is 3.21. The third-order valence-electron chi connectivity index (χ3n) is 2.57. The molecule has 4 nitrogen and oxygen atoms in total. The normalized spacial score (nSPS) is 21.1. The van der Waals surface area contributed by atoms with E-state index in [0.29, 0.717) is 0 Å². The molecule has 1 saturated heterocycles. The van der Waals surface area contributed by atoms with Crippen molar-refractivity contribution in [3.63, 3.8) is 0 Å². The molecular weight excluding hydrogens is 182 g/mol. The first-order valence-electron chi connectivity index (χ1n) is 5.00. The maximum absolute atomic E-state index is 11.3. The standard InChI is InChI=1S/C10H19NO3/c1-4-8(9(12)13-3)11-5-10(2)6-14-7-10/h8,11H,4-7H2,1-3H3. The predicted molar refractivity (Wildman–Crippen MR) is 53.0 cm³/mol. The number of hydrogen-bond donors (Lipinski definition) is 1. The van der Waals surface area contributed by atoms with Gasteiger partial charge >= 0.3 is 5.97 Å². The summed E-state index contributed by atoms with van der Waals surface area (Å²) in [4.78, 5) is 11.3. The van der Waals surface area contributed by atoms with Gasteiger partial charge in [0.05, 0.1) is 20.3 Å². The molecule has 82 valence electrons. The van der Waals surface area contributed by atoms with Crippen LogP contribution in [-0.4, -0.2) is 38.9 Å². The van der Waals surface area contributed by atoms with Crippen molar-refractivity contribution in [2.45, 2.75) is 26.3 Å². The molecule has 0 radical (unpaired) electrons. The maximum Gasteiger partial charge on any atom is 0.322 e. The van der Waals surface area contributed by atoms with Crippen LogP contribution in [0.4, 0.5) is 0 Å². The molecule has 1 rings (SSSR count). The lowest BCUT2D eigenvalue weighted by Gasteiger charge is -2.38. The van der Waals surface area contributed by atoms with Crippen LogP contribution < -0.4 is 5.32 Å². The Labute approximate surface area is 85.0 Å². The highest BCUT2D eigenvalue weighted by Crippen LogP contribution is 2.25. The Hall–Kier alpha value is -0.610. The number of esters is 1. The van der Waals surface area contributed by atoms with Crippen LogP contribution in [0.25, 0.3) is 0 Å². The molecule has 1 unspecified atom stereocenters. The number of rotatable bonds is 5. The van der Waals surface area contributed by atoms with E-state index in [1.807, 2.05) is 6.92 Å². The number of ether oxygens (including phenoxy) is 2. The first-order valence-corrected chi connectivity index (χ1v) is 5.00. The van der Waals surface area contributed by atoms with Crippen LogP contribution in [0.15, 0.2) is 0 Å². The smallest absolute Gasteiger partial charge is 0.322 e. The van der Waals surface area contributed by atoms with E-state index in [4.69, 9.17) is 4.74 Å². The van der Waals surface area contributed by atoms with E-state index in [2.05, 4.69) is 17.0 Å². The maximum atomic E-state index is 11.3. The molecule has 14 heavy (non-hydrogen) atoms. The minimum absolute atomic E-state index is 0.183. The molecule has 1 atom stereocenters. The monoisotopic (exact) mass is 201 g/mol. The Morgan fingerprint density at radius 3 is 2.64 bits per heavy atom. The van der Waals surface area contributed by atoms with Crippen molar-refractivity contribution in [3.05, 3.63) is 0 Å². The first-order chi connectivity index (χ1) is 6.61. The Bertz CT molecular complexity index is 202. The van der Waals surface area contributed by atoms with Gasteiger partial charge in [0.2, 0.25) is 0 Å². The van der Waals surface area contributed by atoms with Crippen LogP contribution >= 0.6 is 0 Å². The van der Waals surface area contributed by atoms with Gasteiger partial charge in [-0.1, -0.05) is 13.8 Å². The van der Waals surface area contributed by atoms with E-state index >= 15 is 0 Å². The van der Waals surface area contributed by atoms with E-state index in [9.17, 15) is 4.79 Å². The molecule has 0 bridgehead atoms. The Morgan fingerprint density at radius 1 is 1.64 bits per heavy atom. The number of methoxy groups -OCH3 is 1. The van der Waals surface area contributed by atoms with Gasteiger partial charge in [0.15, 0.2) is 0 Å². The second kappa shape index (κ2) is 4.75. The number of carbonyl (C=O) groups excluding carboxylic acids is 1. The van der Waals surface area contributed by atoms with Crippen molar-refractivity contribution in [2.75, 3.05) is 26.9 Å². The molecule has 1 fully saturated rings. The average molecular weight is 201 g/mol. The molecule has 0 aliphatic carbocycles. The number of nitrogens with one attached hydrogen (secondary N) is 1. The zero-order valence-electron chi connectivity index (χ0n) is 9.13. The summed E-state index contributed by atoms with van der Waals surface area (Å²) in [7, 11) is 1.42. The molecule has 0 spiro atoms. The molecule has 1 heterocycles. The van der Waals surface area contributed by atoms with E-state index in [1.54, 1.807) is 0 Å². The summed E-state index contributed by atoms with van der Waals surface area (Å²) in [6.45, 7) is 6.47. The third-order valence-corrected chi connectivity index (χ3v) is 2.57. The number of carbonyl (C=O) groups is 1. The Kier molecular flexibility index (Phi) is 3.89. The largest absolute Gasteiger partial charge is 0.468 e. The van der Waals surface area contributed by atoms with Gasteiger partial charge < -0.3 is 14.8 Å². The van der Waals surface area contributed by atoms with Crippen molar-refractivity contribution in [2.24, 2.45) is 5.41 Å². The highest BCUT2D eigenvalue weighted by Gasteiger charge is 2.34. The fraction of sp³-hybridized carbons (Fsp3) is 0.900. The lowest BCUT2D eigenvalue weighted by molar-refractivity contribution is -0.144. The summed E-state index contributed by atoms with van der Waals surface area (Å²) < 4.78 is 9.82. The second-order valence-corrected chi connectivity index (χ2v) is 4.17. The van der Waals surface area contributed by atoms with E-state index < -0.39 is 0 Å². The lowest BCUT2D eigenvalue weighted by atomic mass is 9.88. The van der Waals surface area contributed by atoms with Crippen LogP contribution in [-0.2, 0) is 14.3 Å². The van der Waals surface area contributed by atoms with E-state index in [-0.39, 0.29) is 17.4 Å². The first kappa shape index (κ1) is 11.5. The van der Waals surface area contributed by atoms with E-state index in [1.165, 1.54) is 7.11 Å². The highest BCUT2D eigenvalue weighted by atomic mass is 16.5. The van der Waals surface area contributed by atoms with Gasteiger partial charge in [-0.3, -0.25) is 4.79 Å². The molecule has 1 aliphatic heterocycles. The van der Waals surface area contributed by atoms with Crippen LogP contribution in [0.1, 0.15) is 20.3 Å². The molecule has 0 aromatic rings. The molecule has 1 aliphatic rings. The van der Waals surface area contributed by atoms with Gasteiger partial charge in [0.25, 0.3) is 0 Å². The van der Waals surface area contributed by atoms with Crippen molar-refractivity contribution in [3.8, 4) is 0 Å². The molecule has 0 aromatic heterocycles. The van der Waals surface area contributed by atoms with Crippen molar-refractivity contribution in [1.82, 2.24) is 5.32 Å². The van der Waals surface area contributed by atoms with Gasteiger partial charge in [-0.05, 0) is 6.42 Å². The van der Waals surface area contributed by atoms with E-state index in [0.717, 1.165) is 26.2 Å². The average Bonchev–Trinajstić information content (AvgIpc) is 2.15. The minimum atomic E-state index is -0.184. The SMILES string of the molecule is CCC(NCC1(C)COC1)C(=O)OC. The summed E-state index contributed by atoms with van der Waals surface area (Å²) in [5.74, 6) is -0.184. The summed E-state index contributed by atoms with van der Waals surface area (Å²) in [6.07, 6.45) is 0.754. The lowest BCUT2D eigenvalue weighted by Crippen LogP contribution is -2.51. The van der Waals surface area contributed by atoms with Crippen LogP contribution in [0.2, 0.25) is 0 Å². The second-order valence-electron chi connectivity index (χ2n) is 4.17. The van der Waals surface area contributed by atoms with Gasteiger partial charge in [0, 0.05) is 12.0 Å². The van der Waals surface area contributed by atoms with Gasteiger partial charge in [-0.25, -0.2) is 0 Å². The van der Waals surface area contributed by atoms with Crippen LogP contribution in [0.5, 0.6) is 0 Å². The minimum Gasteiger partial charge on any atom is -0.468 e. The number of hydrogen-bond acceptors (Lipinski definition) is 4. The third kappa shape index (κ3) is 2.69. The van der Waals surface area contributed by atoms with Crippen molar-refractivity contribution >= 4 is 5.97 Å². The fourth-order valence-corrected chi connectivity index (χ4v) is 1.46. The fourth-order valence-electron chi connectivity index (χ4n) is 1.46. The molecule has 0 aromatic carbocycles. The molecule has 0 amide bonds. The van der Waals surface area contributed by atoms with Gasteiger partial charge in [-0.2, -0.15) is 0 Å².